The molecular weight excluding hydrogens is 394 g/mol. The van der Waals surface area contributed by atoms with Gasteiger partial charge in [0.05, 0.1) is 24.3 Å². The van der Waals surface area contributed by atoms with Crippen LogP contribution in [0.5, 0.6) is 5.75 Å². The number of hydrogen-bond acceptors (Lipinski definition) is 5. The van der Waals surface area contributed by atoms with Gasteiger partial charge in [0, 0.05) is 18.7 Å². The Balaban J connectivity index is 1.81. The number of amides is 1. The monoisotopic (exact) mass is 421 g/mol. The van der Waals surface area contributed by atoms with Crippen LogP contribution in [0.3, 0.4) is 0 Å². The molecule has 0 bridgehead atoms. The molecule has 162 valence electrons. The zero-order chi connectivity index (χ0) is 22.0. The number of ether oxygens (including phenoxy) is 2. The van der Waals surface area contributed by atoms with E-state index >= 15 is 0 Å². The first kappa shape index (κ1) is 21.1. The molecule has 0 saturated carbocycles. The van der Waals surface area contributed by atoms with Crippen LogP contribution in [-0.4, -0.2) is 47.6 Å². The summed E-state index contributed by atoms with van der Waals surface area (Å²) in [7, 11) is 0. The zero-order valence-electron chi connectivity index (χ0n) is 17.8. The van der Waals surface area contributed by atoms with Gasteiger partial charge in [-0.15, -0.1) is 0 Å². The highest BCUT2D eigenvalue weighted by Gasteiger charge is 2.47. The Labute approximate surface area is 182 Å². The average Bonchev–Trinajstić information content (AvgIpc) is 3.36. The van der Waals surface area contributed by atoms with E-state index in [0.29, 0.717) is 31.1 Å². The fraction of sp³-hybridized carbons (Fsp3) is 0.360. The number of carbonyl (C=O) groups is 2. The molecule has 0 radical (unpaired) electrons. The zero-order valence-corrected chi connectivity index (χ0v) is 17.8. The summed E-state index contributed by atoms with van der Waals surface area (Å²) in [5, 5.41) is 11.2. The van der Waals surface area contributed by atoms with Gasteiger partial charge in [-0.25, -0.2) is 0 Å². The van der Waals surface area contributed by atoms with Crippen LogP contribution >= 0.6 is 0 Å². The van der Waals surface area contributed by atoms with Crippen molar-refractivity contribution in [1.82, 2.24) is 4.90 Å². The molecule has 0 aromatic heterocycles. The first-order valence-electron chi connectivity index (χ1n) is 10.7. The lowest BCUT2D eigenvalue weighted by Gasteiger charge is -2.27. The Kier molecular flexibility index (Phi) is 6.09. The predicted octanol–water partition coefficient (Wildman–Crippen LogP) is 3.99. The Morgan fingerprint density at radius 3 is 2.71 bits per heavy atom. The second-order valence-electron chi connectivity index (χ2n) is 7.96. The molecule has 2 heterocycles. The fourth-order valence-electron chi connectivity index (χ4n) is 4.32. The Hall–Kier alpha value is -3.12. The van der Waals surface area contributed by atoms with E-state index in [4.69, 9.17) is 9.47 Å². The molecule has 2 aromatic rings. The highest BCUT2D eigenvalue weighted by molar-refractivity contribution is 6.46. The minimum Gasteiger partial charge on any atom is -0.507 e. The third-order valence-corrected chi connectivity index (χ3v) is 5.74. The molecule has 6 heteroatoms. The van der Waals surface area contributed by atoms with Crippen LogP contribution in [0.15, 0.2) is 54.1 Å². The Morgan fingerprint density at radius 2 is 2.00 bits per heavy atom. The van der Waals surface area contributed by atoms with E-state index in [1.807, 2.05) is 38.1 Å². The molecule has 2 saturated heterocycles. The molecule has 4 rings (SSSR count). The fourth-order valence-corrected chi connectivity index (χ4v) is 4.32. The summed E-state index contributed by atoms with van der Waals surface area (Å²) < 4.78 is 11.3. The van der Waals surface area contributed by atoms with Crippen LogP contribution in [0.25, 0.3) is 5.76 Å². The second-order valence-corrected chi connectivity index (χ2v) is 7.96. The van der Waals surface area contributed by atoms with Gasteiger partial charge in [-0.3, -0.25) is 9.59 Å². The molecule has 1 N–H and O–H groups in total. The van der Waals surface area contributed by atoms with Crippen LogP contribution in [0.4, 0.5) is 0 Å². The SMILES string of the molecule is CCOc1cccc(/C(O)=C2/C(=O)C(=O)N(CC3CCCO3)C2c2cccc(C)c2)c1. The van der Waals surface area contributed by atoms with Crippen LogP contribution in [0.2, 0.25) is 0 Å². The van der Waals surface area contributed by atoms with E-state index in [9.17, 15) is 14.7 Å². The van der Waals surface area contributed by atoms with Gasteiger partial charge in [0.1, 0.15) is 11.5 Å². The van der Waals surface area contributed by atoms with E-state index < -0.39 is 17.7 Å². The number of carbonyl (C=O) groups excluding carboxylic acids is 2. The smallest absolute Gasteiger partial charge is 0.295 e. The highest BCUT2D eigenvalue weighted by Crippen LogP contribution is 2.40. The van der Waals surface area contributed by atoms with E-state index in [1.54, 1.807) is 29.2 Å². The number of aliphatic hydroxyl groups is 1. The molecule has 2 unspecified atom stereocenters. The Bertz CT molecular complexity index is 1020. The summed E-state index contributed by atoms with van der Waals surface area (Å²) in [6, 6.07) is 13.9. The van der Waals surface area contributed by atoms with E-state index in [0.717, 1.165) is 24.0 Å². The van der Waals surface area contributed by atoms with Gasteiger partial charge >= 0.3 is 0 Å². The number of likely N-dealkylation sites (tertiary alicyclic amines) is 1. The summed E-state index contributed by atoms with van der Waals surface area (Å²) in [6.07, 6.45) is 1.68. The molecule has 2 aromatic carbocycles. The van der Waals surface area contributed by atoms with Gasteiger partial charge in [-0.1, -0.05) is 42.0 Å². The lowest BCUT2D eigenvalue weighted by molar-refractivity contribution is -0.140. The molecule has 2 atom stereocenters. The number of aliphatic hydroxyl groups excluding tert-OH is 1. The summed E-state index contributed by atoms with van der Waals surface area (Å²) in [4.78, 5) is 27.7. The van der Waals surface area contributed by atoms with Crippen molar-refractivity contribution in [2.45, 2.75) is 38.8 Å². The van der Waals surface area contributed by atoms with Gasteiger partial charge < -0.3 is 19.5 Å². The molecule has 0 aliphatic carbocycles. The standard InChI is InChI=1S/C25H27NO5/c1-3-30-19-10-5-9-18(14-19)23(27)21-22(17-8-4-7-16(2)13-17)26(25(29)24(21)28)15-20-11-6-12-31-20/h4-5,7-10,13-14,20,22,27H,3,6,11-12,15H2,1-2H3/b23-21-. The number of hydrogen-bond donors (Lipinski definition) is 1. The van der Waals surface area contributed by atoms with Gasteiger partial charge in [-0.2, -0.15) is 0 Å². The van der Waals surface area contributed by atoms with Gasteiger partial charge in [0.2, 0.25) is 0 Å². The van der Waals surface area contributed by atoms with E-state index in [2.05, 4.69) is 0 Å². The first-order valence-corrected chi connectivity index (χ1v) is 10.7. The largest absolute Gasteiger partial charge is 0.507 e. The number of aryl methyl sites for hydroxylation is 1. The van der Waals surface area contributed by atoms with Crippen molar-refractivity contribution in [1.29, 1.82) is 0 Å². The van der Waals surface area contributed by atoms with Gasteiger partial charge in [-0.05, 0) is 44.4 Å². The number of benzene rings is 2. The second kappa shape index (κ2) is 8.94. The van der Waals surface area contributed by atoms with Crippen LogP contribution in [0, 0.1) is 6.92 Å². The van der Waals surface area contributed by atoms with Crippen molar-refractivity contribution in [3.8, 4) is 5.75 Å². The van der Waals surface area contributed by atoms with Crippen molar-refractivity contribution in [2.75, 3.05) is 19.8 Å². The molecular formula is C25H27NO5. The highest BCUT2D eigenvalue weighted by atomic mass is 16.5. The van der Waals surface area contributed by atoms with Crippen LogP contribution in [0.1, 0.15) is 42.5 Å². The molecule has 1 amide bonds. The maximum absolute atomic E-state index is 13.1. The van der Waals surface area contributed by atoms with E-state index in [-0.39, 0.29) is 17.4 Å². The van der Waals surface area contributed by atoms with Gasteiger partial charge in [0.25, 0.3) is 11.7 Å². The maximum atomic E-state index is 13.1. The maximum Gasteiger partial charge on any atom is 0.295 e. The lowest BCUT2D eigenvalue weighted by Crippen LogP contribution is -2.36. The Morgan fingerprint density at radius 1 is 1.19 bits per heavy atom. The van der Waals surface area contributed by atoms with Crippen molar-refractivity contribution in [2.24, 2.45) is 0 Å². The van der Waals surface area contributed by atoms with Crippen molar-refractivity contribution in [3.05, 3.63) is 70.8 Å². The summed E-state index contributed by atoms with van der Waals surface area (Å²) in [6.45, 7) is 5.30. The number of ketones is 1. The molecule has 0 spiro atoms. The quantitative estimate of drug-likeness (QED) is 0.434. The van der Waals surface area contributed by atoms with Crippen LogP contribution in [-0.2, 0) is 14.3 Å². The molecule has 31 heavy (non-hydrogen) atoms. The first-order chi connectivity index (χ1) is 15.0. The number of nitrogens with zero attached hydrogens (tertiary/aromatic N) is 1. The molecule has 2 fully saturated rings. The number of Topliss-reactive ketones (excluding diaryl/α,β-unsaturated/α-hetero) is 1. The minimum atomic E-state index is -0.677. The van der Waals surface area contributed by atoms with Crippen molar-refractivity contribution in [3.63, 3.8) is 0 Å². The summed E-state index contributed by atoms with van der Waals surface area (Å²) in [5.41, 5.74) is 2.35. The van der Waals surface area contributed by atoms with Crippen LogP contribution < -0.4 is 4.74 Å². The molecule has 2 aliphatic rings. The number of rotatable bonds is 6. The topological polar surface area (TPSA) is 76.1 Å². The van der Waals surface area contributed by atoms with Crippen molar-refractivity contribution >= 4 is 17.4 Å². The summed E-state index contributed by atoms with van der Waals surface area (Å²) >= 11 is 0. The van der Waals surface area contributed by atoms with E-state index in [1.165, 1.54) is 0 Å². The third-order valence-electron chi connectivity index (χ3n) is 5.74. The summed E-state index contributed by atoms with van der Waals surface area (Å²) in [5.74, 6) is -0.887. The predicted molar refractivity (Wildman–Crippen MR) is 117 cm³/mol. The average molecular weight is 421 g/mol. The molecule has 6 nitrogen and oxygen atoms in total. The minimum absolute atomic E-state index is 0.0993. The third kappa shape index (κ3) is 4.21. The molecule has 2 aliphatic heterocycles. The van der Waals surface area contributed by atoms with Gasteiger partial charge in [0.15, 0.2) is 0 Å². The van der Waals surface area contributed by atoms with Crippen molar-refractivity contribution < 1.29 is 24.2 Å². The lowest BCUT2D eigenvalue weighted by atomic mass is 9.94. The normalized spacial score (nSPS) is 22.8.